The van der Waals surface area contributed by atoms with Crippen LogP contribution < -0.4 is 20.9 Å². The van der Waals surface area contributed by atoms with Crippen LogP contribution in [-0.2, 0) is 10.0 Å². The fourth-order valence-electron chi connectivity index (χ4n) is 3.89. The SMILES string of the molecule is CNc1ccc2c(=O)n(-c3ccc(NC(=O)NS(=O)(=O)c4ccc(F)s4)cn3)cc(-c3ccccc3)c2c1. The lowest BCUT2D eigenvalue weighted by Crippen LogP contribution is -2.34. The molecule has 0 radical (unpaired) electrons. The first kappa shape index (κ1) is 25.1. The van der Waals surface area contributed by atoms with E-state index in [2.05, 4.69) is 15.6 Å². The van der Waals surface area contributed by atoms with Gasteiger partial charge in [-0.1, -0.05) is 41.7 Å². The molecule has 5 aromatic rings. The first-order valence-corrected chi connectivity index (χ1v) is 13.5. The lowest BCUT2D eigenvalue weighted by Gasteiger charge is -2.14. The summed E-state index contributed by atoms with van der Waals surface area (Å²) >= 11 is 0.401. The van der Waals surface area contributed by atoms with Crippen molar-refractivity contribution in [3.63, 3.8) is 0 Å². The number of nitrogens with zero attached hydrogens (tertiary/aromatic N) is 2. The molecule has 0 unspecified atom stereocenters. The summed E-state index contributed by atoms with van der Waals surface area (Å²) in [6.45, 7) is 0. The maximum absolute atomic E-state index is 13.4. The molecule has 3 heterocycles. The molecule has 2 amide bonds. The lowest BCUT2D eigenvalue weighted by atomic mass is 10.00. The zero-order valence-electron chi connectivity index (χ0n) is 19.8. The van der Waals surface area contributed by atoms with Gasteiger partial charge in [0.2, 0.25) is 0 Å². The van der Waals surface area contributed by atoms with Crippen molar-refractivity contribution in [3.05, 3.63) is 101 Å². The van der Waals surface area contributed by atoms with Crippen molar-refractivity contribution in [1.29, 1.82) is 0 Å². The van der Waals surface area contributed by atoms with Crippen molar-refractivity contribution in [1.82, 2.24) is 14.3 Å². The minimum absolute atomic E-state index is 0.189. The molecule has 0 saturated heterocycles. The number of halogens is 1. The van der Waals surface area contributed by atoms with Gasteiger partial charge in [-0.05, 0) is 53.4 Å². The molecule has 0 bridgehead atoms. The van der Waals surface area contributed by atoms with Crippen LogP contribution in [0.25, 0.3) is 27.7 Å². The van der Waals surface area contributed by atoms with Gasteiger partial charge in [0.05, 0.1) is 11.9 Å². The van der Waals surface area contributed by atoms with E-state index in [4.69, 9.17) is 0 Å². The fourth-order valence-corrected chi connectivity index (χ4v) is 5.80. The molecule has 192 valence electrons. The van der Waals surface area contributed by atoms with Crippen LogP contribution in [0.2, 0.25) is 0 Å². The highest BCUT2D eigenvalue weighted by atomic mass is 32.2. The van der Waals surface area contributed by atoms with Gasteiger partial charge in [0, 0.05) is 29.9 Å². The Labute approximate surface area is 220 Å². The second-order valence-electron chi connectivity index (χ2n) is 8.12. The number of hydrogen-bond donors (Lipinski definition) is 3. The van der Waals surface area contributed by atoms with Crippen molar-refractivity contribution in [3.8, 4) is 16.9 Å². The van der Waals surface area contributed by atoms with E-state index in [0.29, 0.717) is 22.5 Å². The quantitative estimate of drug-likeness (QED) is 0.280. The molecular formula is C26H20FN5O4S2. The number of pyridine rings is 2. The summed E-state index contributed by atoms with van der Waals surface area (Å²) in [5.41, 5.74) is 2.53. The molecule has 0 atom stereocenters. The molecule has 0 aliphatic heterocycles. The van der Waals surface area contributed by atoms with Gasteiger partial charge >= 0.3 is 6.03 Å². The van der Waals surface area contributed by atoms with Crippen LogP contribution in [0.1, 0.15) is 0 Å². The average Bonchev–Trinajstić information content (AvgIpc) is 3.37. The summed E-state index contributed by atoms with van der Waals surface area (Å²) < 4.78 is 40.6. The Hall–Kier alpha value is -4.55. The zero-order valence-corrected chi connectivity index (χ0v) is 21.4. The highest BCUT2D eigenvalue weighted by molar-refractivity contribution is 7.92. The van der Waals surface area contributed by atoms with Crippen LogP contribution in [-0.4, -0.2) is 31.0 Å². The Balaban J connectivity index is 1.46. The molecule has 3 aromatic heterocycles. The molecule has 0 fully saturated rings. The molecule has 3 N–H and O–H groups in total. The molecule has 5 rings (SSSR count). The molecule has 0 saturated carbocycles. The standard InChI is InChI=1S/C26H20FN5O4S2/c1-28-17-7-9-19-20(13-17)21(16-5-3-2-4-6-16)15-32(25(19)33)23-11-8-18(14-29-23)30-26(34)31-38(35,36)24-12-10-22(27)37-24/h2-15,28H,1H3,(H2,30,31,34). The van der Waals surface area contributed by atoms with E-state index in [0.717, 1.165) is 34.3 Å². The molecule has 9 nitrogen and oxygen atoms in total. The van der Waals surface area contributed by atoms with Crippen molar-refractivity contribution in [2.45, 2.75) is 4.21 Å². The number of hydrogen-bond acceptors (Lipinski definition) is 7. The maximum Gasteiger partial charge on any atom is 0.333 e. The normalized spacial score (nSPS) is 11.3. The van der Waals surface area contributed by atoms with Gasteiger partial charge in [-0.15, -0.1) is 0 Å². The van der Waals surface area contributed by atoms with Crippen LogP contribution in [0.3, 0.4) is 0 Å². The van der Waals surface area contributed by atoms with Gasteiger partial charge in [0.1, 0.15) is 10.0 Å². The van der Waals surface area contributed by atoms with Gasteiger partial charge in [0.25, 0.3) is 15.6 Å². The Bertz CT molecular complexity index is 1820. The van der Waals surface area contributed by atoms with Crippen molar-refractivity contribution in [2.24, 2.45) is 0 Å². The van der Waals surface area contributed by atoms with E-state index in [1.165, 1.54) is 22.9 Å². The van der Waals surface area contributed by atoms with E-state index in [1.807, 2.05) is 54.2 Å². The smallest absolute Gasteiger partial charge is 0.333 e. The van der Waals surface area contributed by atoms with E-state index < -0.39 is 21.2 Å². The first-order valence-electron chi connectivity index (χ1n) is 11.2. The number of anilines is 2. The van der Waals surface area contributed by atoms with Gasteiger partial charge < -0.3 is 10.6 Å². The predicted octanol–water partition coefficient (Wildman–Crippen LogP) is 4.81. The molecule has 0 aliphatic carbocycles. The van der Waals surface area contributed by atoms with Crippen LogP contribution >= 0.6 is 11.3 Å². The molecular weight excluding hydrogens is 529 g/mol. The number of sulfonamides is 1. The lowest BCUT2D eigenvalue weighted by molar-refractivity contribution is 0.256. The van der Waals surface area contributed by atoms with Crippen molar-refractivity contribution < 1.29 is 17.6 Å². The summed E-state index contributed by atoms with van der Waals surface area (Å²) in [5, 5.41) is 6.07. The van der Waals surface area contributed by atoms with Gasteiger partial charge in [-0.25, -0.2) is 22.9 Å². The number of nitrogens with one attached hydrogen (secondary N) is 3. The Morgan fingerprint density at radius 3 is 2.39 bits per heavy atom. The van der Waals surface area contributed by atoms with E-state index in [-0.39, 0.29) is 15.5 Å². The minimum atomic E-state index is -4.23. The second kappa shape index (κ2) is 10.1. The molecule has 38 heavy (non-hydrogen) atoms. The number of carbonyl (C=O) groups is 1. The van der Waals surface area contributed by atoms with E-state index in [9.17, 15) is 22.4 Å². The highest BCUT2D eigenvalue weighted by Crippen LogP contribution is 2.29. The van der Waals surface area contributed by atoms with Gasteiger partial charge in [0.15, 0.2) is 5.13 Å². The van der Waals surface area contributed by atoms with Crippen molar-refractivity contribution >= 4 is 49.5 Å². The average molecular weight is 550 g/mol. The Kier molecular flexibility index (Phi) is 6.66. The number of rotatable bonds is 6. The number of thiophene rings is 1. The number of amides is 2. The van der Waals surface area contributed by atoms with Gasteiger partial charge in [-0.3, -0.25) is 9.36 Å². The number of aromatic nitrogens is 2. The Morgan fingerprint density at radius 1 is 0.974 bits per heavy atom. The summed E-state index contributed by atoms with van der Waals surface area (Å²) in [6.07, 6.45) is 3.02. The third-order valence-corrected chi connectivity index (χ3v) is 8.38. The fraction of sp³-hybridized carbons (Fsp3) is 0.0385. The second-order valence-corrected chi connectivity index (χ2v) is 11.1. The van der Waals surface area contributed by atoms with Crippen LogP contribution in [0, 0.1) is 5.13 Å². The summed E-state index contributed by atoms with van der Waals surface area (Å²) in [4.78, 5) is 29.9. The zero-order chi connectivity index (χ0) is 26.9. The predicted molar refractivity (Wildman–Crippen MR) is 146 cm³/mol. The molecule has 0 spiro atoms. The number of benzene rings is 2. The van der Waals surface area contributed by atoms with Gasteiger partial charge in [-0.2, -0.15) is 4.39 Å². The topological polar surface area (TPSA) is 122 Å². The minimum Gasteiger partial charge on any atom is -0.388 e. The molecule has 2 aromatic carbocycles. The summed E-state index contributed by atoms with van der Waals surface area (Å²) in [6, 6.07) is 19.2. The first-order chi connectivity index (χ1) is 18.2. The van der Waals surface area contributed by atoms with Crippen LogP contribution in [0.15, 0.2) is 94.2 Å². The molecule has 12 heteroatoms. The van der Waals surface area contributed by atoms with Crippen LogP contribution in [0.5, 0.6) is 0 Å². The van der Waals surface area contributed by atoms with E-state index >= 15 is 0 Å². The summed E-state index contributed by atoms with van der Waals surface area (Å²) in [5.74, 6) is 0.305. The maximum atomic E-state index is 13.4. The highest BCUT2D eigenvalue weighted by Gasteiger charge is 2.20. The number of carbonyl (C=O) groups excluding carboxylic acids is 1. The molecule has 0 aliphatic rings. The third kappa shape index (κ3) is 4.99. The number of fused-ring (bicyclic) bond motifs is 1. The summed E-state index contributed by atoms with van der Waals surface area (Å²) in [7, 11) is -2.42. The van der Waals surface area contributed by atoms with E-state index in [1.54, 1.807) is 12.3 Å². The monoisotopic (exact) mass is 549 g/mol. The largest absolute Gasteiger partial charge is 0.388 e. The Morgan fingerprint density at radius 2 is 1.74 bits per heavy atom. The third-order valence-electron chi connectivity index (χ3n) is 5.68. The van der Waals surface area contributed by atoms with Crippen LogP contribution in [0.4, 0.5) is 20.6 Å². The van der Waals surface area contributed by atoms with Crippen molar-refractivity contribution in [2.75, 3.05) is 17.7 Å². The number of urea groups is 1.